The molecule has 0 aliphatic rings. The fraction of sp³-hybridized carbons (Fsp3) is 0.238. The Hall–Kier alpha value is -2.18. The van der Waals surface area contributed by atoms with Crippen LogP contribution in [0.2, 0.25) is 0 Å². The monoisotopic (exact) mass is 444 g/mol. The summed E-state index contributed by atoms with van der Waals surface area (Å²) in [5, 5.41) is 3.52. The van der Waals surface area contributed by atoms with Crippen LogP contribution in [0, 0.1) is 6.92 Å². The molecule has 0 radical (unpaired) electrons. The lowest BCUT2D eigenvalue weighted by molar-refractivity contribution is -0.116. The van der Waals surface area contributed by atoms with Crippen LogP contribution in [0.4, 0.5) is 5.13 Å². The van der Waals surface area contributed by atoms with Gasteiger partial charge in [0.15, 0.2) is 5.13 Å². The van der Waals surface area contributed by atoms with Gasteiger partial charge in [0.05, 0.1) is 6.61 Å². The van der Waals surface area contributed by atoms with Crippen molar-refractivity contribution in [3.8, 4) is 5.75 Å². The summed E-state index contributed by atoms with van der Waals surface area (Å²) >= 11 is 4.91. The lowest BCUT2D eigenvalue weighted by Crippen LogP contribution is -2.12. The molecule has 1 amide bonds. The molecule has 2 aromatic carbocycles. The highest BCUT2D eigenvalue weighted by Crippen LogP contribution is 2.22. The molecule has 27 heavy (non-hydrogen) atoms. The number of aryl methyl sites for hydroxylation is 1. The number of anilines is 1. The number of carbonyl (C=O) groups is 1. The minimum Gasteiger partial charge on any atom is -0.494 e. The van der Waals surface area contributed by atoms with Crippen molar-refractivity contribution in [2.75, 3.05) is 11.9 Å². The molecule has 0 aliphatic heterocycles. The number of halogens is 1. The smallest absolute Gasteiger partial charge is 0.226 e. The molecule has 0 saturated heterocycles. The van der Waals surface area contributed by atoms with Crippen molar-refractivity contribution >= 4 is 38.3 Å². The number of hydrogen-bond donors (Lipinski definition) is 1. The van der Waals surface area contributed by atoms with Crippen molar-refractivity contribution in [2.24, 2.45) is 0 Å². The van der Waals surface area contributed by atoms with Gasteiger partial charge in [-0.3, -0.25) is 4.79 Å². The number of nitrogens with zero attached hydrogens (tertiary/aromatic N) is 1. The first kappa shape index (κ1) is 19.6. The fourth-order valence-corrected chi connectivity index (χ4v) is 3.73. The average Bonchev–Trinajstić information content (AvgIpc) is 3.07. The van der Waals surface area contributed by atoms with Gasteiger partial charge in [-0.25, -0.2) is 4.98 Å². The summed E-state index contributed by atoms with van der Waals surface area (Å²) in [4.78, 5) is 17.5. The predicted octanol–water partition coefficient (Wildman–Crippen LogP) is 5.60. The van der Waals surface area contributed by atoms with Crippen molar-refractivity contribution in [1.29, 1.82) is 0 Å². The van der Waals surface area contributed by atoms with Gasteiger partial charge in [-0.2, -0.15) is 0 Å². The lowest BCUT2D eigenvalue weighted by atomic mass is 10.1. The predicted molar refractivity (Wildman–Crippen MR) is 114 cm³/mol. The van der Waals surface area contributed by atoms with Gasteiger partial charge in [0.2, 0.25) is 5.91 Å². The molecule has 0 saturated carbocycles. The van der Waals surface area contributed by atoms with Crippen LogP contribution in [-0.4, -0.2) is 17.5 Å². The number of benzene rings is 2. The Balaban J connectivity index is 1.40. The minimum atomic E-state index is -0.0362. The van der Waals surface area contributed by atoms with E-state index in [2.05, 4.69) is 57.4 Å². The standard InChI is InChI=1S/C21H21BrN2O2S/c1-15-4-2-5-16(12-15)13-19-14-23-21(27-19)24-20(25)6-3-11-26-18-9-7-17(22)8-10-18/h2,4-5,7-10,12,14H,3,6,11,13H2,1H3,(H,23,24,25). The minimum absolute atomic E-state index is 0.0362. The molecule has 1 aromatic heterocycles. The Morgan fingerprint density at radius 2 is 2.04 bits per heavy atom. The van der Waals surface area contributed by atoms with E-state index in [-0.39, 0.29) is 5.91 Å². The van der Waals surface area contributed by atoms with Crippen LogP contribution in [0.3, 0.4) is 0 Å². The maximum Gasteiger partial charge on any atom is 0.226 e. The van der Waals surface area contributed by atoms with Crippen molar-refractivity contribution < 1.29 is 9.53 Å². The summed E-state index contributed by atoms with van der Waals surface area (Å²) in [7, 11) is 0. The molecule has 0 unspecified atom stereocenters. The van der Waals surface area contributed by atoms with Crippen LogP contribution in [-0.2, 0) is 11.2 Å². The molecule has 4 nitrogen and oxygen atoms in total. The molecule has 6 heteroatoms. The summed E-state index contributed by atoms with van der Waals surface area (Å²) in [5.41, 5.74) is 2.50. The number of rotatable bonds is 8. The van der Waals surface area contributed by atoms with Crippen molar-refractivity contribution in [1.82, 2.24) is 4.98 Å². The number of ether oxygens (including phenoxy) is 1. The highest BCUT2D eigenvalue weighted by Gasteiger charge is 2.08. The van der Waals surface area contributed by atoms with Crippen LogP contribution < -0.4 is 10.1 Å². The SMILES string of the molecule is Cc1cccc(Cc2cnc(NC(=O)CCCOc3ccc(Br)cc3)s2)c1. The maximum atomic E-state index is 12.1. The number of nitrogens with one attached hydrogen (secondary N) is 1. The van der Waals surface area contributed by atoms with Gasteiger partial charge in [-0.1, -0.05) is 45.8 Å². The first-order chi connectivity index (χ1) is 13.1. The van der Waals surface area contributed by atoms with Crippen molar-refractivity contribution in [3.63, 3.8) is 0 Å². The zero-order chi connectivity index (χ0) is 19.1. The maximum absolute atomic E-state index is 12.1. The van der Waals surface area contributed by atoms with Gasteiger partial charge >= 0.3 is 0 Å². The molecule has 0 atom stereocenters. The number of thiazole rings is 1. The van der Waals surface area contributed by atoms with Gasteiger partial charge in [0.1, 0.15) is 5.75 Å². The van der Waals surface area contributed by atoms with Crippen LogP contribution in [0.1, 0.15) is 28.8 Å². The third-order valence-electron chi connectivity index (χ3n) is 3.89. The second-order valence-corrected chi connectivity index (χ2v) is 8.28. The van der Waals surface area contributed by atoms with E-state index < -0.39 is 0 Å². The van der Waals surface area contributed by atoms with E-state index in [0.29, 0.717) is 24.6 Å². The number of hydrogen-bond acceptors (Lipinski definition) is 4. The number of aromatic nitrogens is 1. The highest BCUT2D eigenvalue weighted by atomic mass is 79.9. The molecule has 0 aliphatic carbocycles. The summed E-state index contributed by atoms with van der Waals surface area (Å²) in [5.74, 6) is 0.769. The topological polar surface area (TPSA) is 51.2 Å². The molecular formula is C21H21BrN2O2S. The van der Waals surface area contributed by atoms with Crippen LogP contribution in [0.25, 0.3) is 0 Å². The molecule has 0 fully saturated rings. The lowest BCUT2D eigenvalue weighted by Gasteiger charge is -2.06. The third kappa shape index (κ3) is 6.48. The fourth-order valence-electron chi connectivity index (χ4n) is 2.61. The molecule has 0 spiro atoms. The molecule has 3 aromatic rings. The first-order valence-corrected chi connectivity index (χ1v) is 10.4. The Bertz CT molecular complexity index is 893. The quantitative estimate of drug-likeness (QED) is 0.459. The largest absolute Gasteiger partial charge is 0.494 e. The molecule has 0 bridgehead atoms. The highest BCUT2D eigenvalue weighted by molar-refractivity contribution is 9.10. The summed E-state index contributed by atoms with van der Waals surface area (Å²) in [6.45, 7) is 2.59. The average molecular weight is 445 g/mol. The van der Waals surface area contributed by atoms with E-state index in [1.54, 1.807) is 0 Å². The normalized spacial score (nSPS) is 10.6. The van der Waals surface area contributed by atoms with Crippen LogP contribution in [0.5, 0.6) is 5.75 Å². The van der Waals surface area contributed by atoms with E-state index in [1.807, 2.05) is 30.5 Å². The zero-order valence-corrected chi connectivity index (χ0v) is 17.5. The molecule has 1 N–H and O–H groups in total. The number of amides is 1. The van der Waals surface area contributed by atoms with Gasteiger partial charge < -0.3 is 10.1 Å². The van der Waals surface area contributed by atoms with Crippen molar-refractivity contribution in [2.45, 2.75) is 26.2 Å². The van der Waals surface area contributed by atoms with E-state index >= 15 is 0 Å². The van der Waals surface area contributed by atoms with Gasteiger partial charge in [-0.15, -0.1) is 11.3 Å². The van der Waals surface area contributed by atoms with Gasteiger partial charge in [0, 0.05) is 28.4 Å². The van der Waals surface area contributed by atoms with Gasteiger partial charge in [0.25, 0.3) is 0 Å². The van der Waals surface area contributed by atoms with Crippen LogP contribution >= 0.6 is 27.3 Å². The number of carbonyl (C=O) groups excluding carboxylic acids is 1. The Labute approximate surface area is 171 Å². The molecule has 3 rings (SSSR count). The van der Waals surface area contributed by atoms with E-state index in [4.69, 9.17) is 4.74 Å². The summed E-state index contributed by atoms with van der Waals surface area (Å²) in [6, 6.07) is 16.1. The zero-order valence-electron chi connectivity index (χ0n) is 15.1. The summed E-state index contributed by atoms with van der Waals surface area (Å²) in [6.07, 6.45) is 3.72. The Kier molecular flexibility index (Phi) is 7.01. The van der Waals surface area contributed by atoms with E-state index in [1.165, 1.54) is 22.5 Å². The molecular weight excluding hydrogens is 424 g/mol. The van der Waals surface area contributed by atoms with Crippen LogP contribution in [0.15, 0.2) is 59.2 Å². The Morgan fingerprint density at radius 3 is 2.81 bits per heavy atom. The van der Waals surface area contributed by atoms with Crippen molar-refractivity contribution in [3.05, 3.63) is 75.2 Å². The second-order valence-electron chi connectivity index (χ2n) is 6.25. The molecule has 140 valence electrons. The second kappa shape index (κ2) is 9.67. The first-order valence-electron chi connectivity index (χ1n) is 8.77. The van der Waals surface area contributed by atoms with E-state index in [0.717, 1.165) is 21.5 Å². The van der Waals surface area contributed by atoms with Gasteiger partial charge in [-0.05, 0) is 43.2 Å². The van der Waals surface area contributed by atoms with E-state index in [9.17, 15) is 4.79 Å². The third-order valence-corrected chi connectivity index (χ3v) is 5.33. The summed E-state index contributed by atoms with van der Waals surface area (Å²) < 4.78 is 6.64. The Morgan fingerprint density at radius 1 is 1.22 bits per heavy atom. The molecule has 1 heterocycles.